The fourth-order valence-corrected chi connectivity index (χ4v) is 2.64. The molecule has 0 aliphatic rings. The SMILES string of the molecule is CC(C)S(=O)(=O)c1cnc(Cl)c(C(=O)NC(C)(C)C)c1. The molecule has 1 rings (SSSR count). The molecule has 0 aliphatic heterocycles. The number of halogens is 1. The lowest BCUT2D eigenvalue weighted by Crippen LogP contribution is -2.40. The van der Waals surface area contributed by atoms with Crippen LogP contribution in [0.2, 0.25) is 5.15 Å². The number of hydrogen-bond donors (Lipinski definition) is 1. The molecular weight excluding hydrogens is 300 g/mol. The Labute approximate surface area is 124 Å². The van der Waals surface area contributed by atoms with Crippen LogP contribution in [0.5, 0.6) is 0 Å². The minimum atomic E-state index is -3.49. The molecule has 1 aromatic heterocycles. The Bertz CT molecular complexity index is 619. The second kappa shape index (κ2) is 5.69. The highest BCUT2D eigenvalue weighted by molar-refractivity contribution is 7.92. The van der Waals surface area contributed by atoms with Crippen molar-refractivity contribution in [1.82, 2.24) is 10.3 Å². The van der Waals surface area contributed by atoms with Crippen LogP contribution in [0.3, 0.4) is 0 Å². The van der Waals surface area contributed by atoms with E-state index in [0.29, 0.717) is 0 Å². The molecule has 0 aliphatic carbocycles. The van der Waals surface area contributed by atoms with Crippen LogP contribution in [-0.2, 0) is 9.84 Å². The summed E-state index contributed by atoms with van der Waals surface area (Å²) in [6, 6.07) is 1.27. The van der Waals surface area contributed by atoms with Crippen molar-refractivity contribution in [2.24, 2.45) is 0 Å². The number of carbonyl (C=O) groups is 1. The van der Waals surface area contributed by atoms with Crippen LogP contribution in [0.25, 0.3) is 0 Å². The van der Waals surface area contributed by atoms with E-state index in [0.717, 1.165) is 0 Å². The van der Waals surface area contributed by atoms with Crippen molar-refractivity contribution in [2.45, 2.75) is 50.3 Å². The Morgan fingerprint density at radius 3 is 2.35 bits per heavy atom. The molecule has 0 saturated heterocycles. The summed E-state index contributed by atoms with van der Waals surface area (Å²) in [5.41, 5.74) is -0.392. The van der Waals surface area contributed by atoms with Gasteiger partial charge >= 0.3 is 0 Å². The van der Waals surface area contributed by atoms with Gasteiger partial charge in [-0.2, -0.15) is 0 Å². The maximum Gasteiger partial charge on any atom is 0.254 e. The van der Waals surface area contributed by atoms with Crippen molar-refractivity contribution in [2.75, 3.05) is 0 Å². The van der Waals surface area contributed by atoms with Crippen molar-refractivity contribution in [3.63, 3.8) is 0 Å². The third-order valence-electron chi connectivity index (χ3n) is 2.50. The number of hydrogen-bond acceptors (Lipinski definition) is 4. The molecule has 1 amide bonds. The van der Waals surface area contributed by atoms with Gasteiger partial charge in [0.25, 0.3) is 5.91 Å². The van der Waals surface area contributed by atoms with Gasteiger partial charge in [0.1, 0.15) is 5.15 Å². The average Bonchev–Trinajstić information content (AvgIpc) is 2.26. The molecule has 7 heteroatoms. The molecule has 0 saturated carbocycles. The number of sulfone groups is 1. The lowest BCUT2D eigenvalue weighted by atomic mass is 10.1. The predicted octanol–water partition coefficient (Wildman–Crippen LogP) is 2.45. The monoisotopic (exact) mass is 318 g/mol. The Morgan fingerprint density at radius 2 is 1.90 bits per heavy atom. The normalized spacial score (nSPS) is 12.6. The summed E-state index contributed by atoms with van der Waals surface area (Å²) in [6.45, 7) is 8.60. The molecular formula is C13H19ClN2O3S. The van der Waals surface area contributed by atoms with Crippen LogP contribution in [0.1, 0.15) is 45.0 Å². The van der Waals surface area contributed by atoms with Crippen LogP contribution in [0, 0.1) is 0 Å². The molecule has 1 heterocycles. The summed E-state index contributed by atoms with van der Waals surface area (Å²) >= 11 is 5.88. The largest absolute Gasteiger partial charge is 0.347 e. The van der Waals surface area contributed by atoms with Gasteiger partial charge in [0, 0.05) is 11.7 Å². The molecule has 0 unspecified atom stereocenters. The lowest BCUT2D eigenvalue weighted by Gasteiger charge is -2.21. The molecule has 0 spiro atoms. The van der Waals surface area contributed by atoms with Crippen molar-refractivity contribution >= 4 is 27.3 Å². The molecule has 20 heavy (non-hydrogen) atoms. The van der Waals surface area contributed by atoms with E-state index in [9.17, 15) is 13.2 Å². The summed E-state index contributed by atoms with van der Waals surface area (Å²) < 4.78 is 24.2. The molecule has 5 nitrogen and oxygen atoms in total. The van der Waals surface area contributed by atoms with Crippen molar-refractivity contribution < 1.29 is 13.2 Å². The van der Waals surface area contributed by atoms with Gasteiger partial charge in [0.05, 0.1) is 15.7 Å². The number of nitrogens with one attached hydrogen (secondary N) is 1. The topological polar surface area (TPSA) is 76.1 Å². The highest BCUT2D eigenvalue weighted by Crippen LogP contribution is 2.21. The molecule has 1 aromatic rings. The van der Waals surface area contributed by atoms with Crippen LogP contribution in [-0.4, -0.2) is 30.1 Å². The summed E-state index contributed by atoms with van der Waals surface area (Å²) in [4.78, 5) is 15.9. The van der Waals surface area contributed by atoms with E-state index in [-0.39, 0.29) is 15.6 Å². The molecule has 0 aromatic carbocycles. The van der Waals surface area contributed by atoms with Gasteiger partial charge in [-0.1, -0.05) is 11.6 Å². The van der Waals surface area contributed by atoms with E-state index < -0.39 is 26.5 Å². The fraction of sp³-hybridized carbons (Fsp3) is 0.538. The standard InChI is InChI=1S/C13H19ClN2O3S/c1-8(2)20(18,19)9-6-10(11(14)15-7-9)12(17)16-13(3,4)5/h6-8H,1-5H3,(H,16,17). The fourth-order valence-electron chi connectivity index (χ4n) is 1.42. The number of amides is 1. The molecule has 0 radical (unpaired) electrons. The first-order valence-electron chi connectivity index (χ1n) is 6.17. The smallest absolute Gasteiger partial charge is 0.254 e. The third kappa shape index (κ3) is 3.93. The van der Waals surface area contributed by atoms with Gasteiger partial charge in [0.2, 0.25) is 0 Å². The zero-order valence-electron chi connectivity index (χ0n) is 12.2. The maximum atomic E-state index is 12.1. The van der Waals surface area contributed by atoms with Crippen molar-refractivity contribution in [1.29, 1.82) is 0 Å². The summed E-state index contributed by atoms with van der Waals surface area (Å²) in [5.74, 6) is -0.448. The minimum absolute atomic E-state index is 0.00374. The first kappa shape index (κ1) is 16.9. The van der Waals surface area contributed by atoms with Crippen LogP contribution in [0.4, 0.5) is 0 Å². The van der Waals surface area contributed by atoms with E-state index in [4.69, 9.17) is 11.6 Å². The van der Waals surface area contributed by atoms with Crippen molar-refractivity contribution in [3.05, 3.63) is 23.0 Å². The van der Waals surface area contributed by atoms with Gasteiger partial charge in [-0.15, -0.1) is 0 Å². The minimum Gasteiger partial charge on any atom is -0.347 e. The Kier molecular flexibility index (Phi) is 4.82. The maximum absolute atomic E-state index is 12.1. The Morgan fingerprint density at radius 1 is 1.35 bits per heavy atom. The van der Waals surface area contributed by atoms with Gasteiger partial charge in [0.15, 0.2) is 9.84 Å². The van der Waals surface area contributed by atoms with Gasteiger partial charge in [-0.3, -0.25) is 4.79 Å². The summed E-state index contributed by atoms with van der Waals surface area (Å²) in [6.07, 6.45) is 1.17. The number of carbonyl (C=O) groups excluding carboxylic acids is 1. The van der Waals surface area contributed by atoms with Crippen LogP contribution < -0.4 is 5.32 Å². The molecule has 0 bridgehead atoms. The Hall–Kier alpha value is -1.14. The quantitative estimate of drug-likeness (QED) is 0.868. The van der Waals surface area contributed by atoms with Crippen LogP contribution in [0.15, 0.2) is 17.2 Å². The molecule has 0 fully saturated rings. The third-order valence-corrected chi connectivity index (χ3v) is 4.92. The Balaban J connectivity index is 3.27. The van der Waals surface area contributed by atoms with E-state index in [1.54, 1.807) is 13.8 Å². The van der Waals surface area contributed by atoms with E-state index >= 15 is 0 Å². The number of nitrogens with zero attached hydrogens (tertiary/aromatic N) is 1. The molecule has 112 valence electrons. The second-order valence-corrected chi connectivity index (χ2v) is 8.67. The van der Waals surface area contributed by atoms with E-state index in [1.807, 2.05) is 20.8 Å². The van der Waals surface area contributed by atoms with Crippen molar-refractivity contribution in [3.8, 4) is 0 Å². The van der Waals surface area contributed by atoms with E-state index in [2.05, 4.69) is 10.3 Å². The first-order valence-corrected chi connectivity index (χ1v) is 8.09. The number of rotatable bonds is 3. The number of pyridine rings is 1. The highest BCUT2D eigenvalue weighted by Gasteiger charge is 2.24. The van der Waals surface area contributed by atoms with Gasteiger partial charge in [-0.25, -0.2) is 13.4 Å². The predicted molar refractivity (Wildman–Crippen MR) is 78.8 cm³/mol. The lowest BCUT2D eigenvalue weighted by molar-refractivity contribution is 0.0919. The zero-order valence-corrected chi connectivity index (χ0v) is 13.8. The second-order valence-electron chi connectivity index (χ2n) is 5.81. The summed E-state index contributed by atoms with van der Waals surface area (Å²) in [5, 5.41) is 2.11. The molecule has 1 N–H and O–H groups in total. The zero-order chi connectivity index (χ0) is 15.7. The number of aromatic nitrogens is 1. The van der Waals surface area contributed by atoms with Gasteiger partial charge in [-0.05, 0) is 40.7 Å². The highest BCUT2D eigenvalue weighted by atomic mass is 35.5. The summed E-state index contributed by atoms with van der Waals surface area (Å²) in [7, 11) is -3.49. The average molecular weight is 319 g/mol. The van der Waals surface area contributed by atoms with Crippen LogP contribution >= 0.6 is 11.6 Å². The first-order chi connectivity index (χ1) is 8.95. The van der Waals surface area contributed by atoms with E-state index in [1.165, 1.54) is 12.3 Å². The molecule has 0 atom stereocenters. The van der Waals surface area contributed by atoms with Gasteiger partial charge < -0.3 is 5.32 Å².